The summed E-state index contributed by atoms with van der Waals surface area (Å²) in [6, 6.07) is 6.56. The Hall–Kier alpha value is -2.07. The number of anilines is 2. The molecule has 0 spiro atoms. The topological polar surface area (TPSA) is 423 Å². The van der Waals surface area contributed by atoms with Crippen LogP contribution in [0.1, 0.15) is 99.9 Å². The van der Waals surface area contributed by atoms with Crippen molar-refractivity contribution < 1.29 is 302 Å². The predicted molar refractivity (Wildman–Crippen MR) is 224 cm³/mol. The first kappa shape index (κ1) is 68.0. The van der Waals surface area contributed by atoms with Crippen LogP contribution in [0, 0.1) is 17.9 Å². The molecule has 0 unspecified atom stereocenters. The second-order valence-electron chi connectivity index (χ2n) is 16.6. The monoisotopic (exact) mass is 1130 g/mol. The van der Waals surface area contributed by atoms with Crippen molar-refractivity contribution in [2.24, 2.45) is 20.5 Å². The van der Waals surface area contributed by atoms with Crippen LogP contribution < -0.4 is 294 Å². The van der Waals surface area contributed by atoms with Gasteiger partial charge in [-0.3, -0.25) is 0 Å². The average Bonchev–Trinajstić information content (AvgIpc) is 4.06. The van der Waals surface area contributed by atoms with Crippen molar-refractivity contribution in [3.8, 4) is 35.4 Å². The van der Waals surface area contributed by atoms with Crippen molar-refractivity contribution >= 4 is 64.2 Å². The Morgan fingerprint density at radius 1 is 0.595 bits per heavy atom. The minimum atomic E-state index is -1.71. The van der Waals surface area contributed by atoms with Crippen LogP contribution in [0.5, 0.6) is 6.01 Å². The molecular formula is C41H30K5N19O9. The van der Waals surface area contributed by atoms with Crippen LogP contribution in [0.2, 0.25) is 0 Å². The summed E-state index contributed by atoms with van der Waals surface area (Å²) in [5.74, 6) is -8.87. The maximum absolute atomic E-state index is 13.2. The van der Waals surface area contributed by atoms with E-state index in [1.165, 1.54) is 0 Å². The second kappa shape index (κ2) is 27.7. The molecule has 74 heavy (non-hydrogen) atoms. The van der Waals surface area contributed by atoms with Gasteiger partial charge in [-0.15, -0.1) is 20.5 Å². The zero-order chi connectivity index (χ0) is 50.4. The molecule has 0 radical (unpaired) electrons. The van der Waals surface area contributed by atoms with Crippen LogP contribution in [0.15, 0.2) is 69.2 Å². The van der Waals surface area contributed by atoms with Gasteiger partial charge in [0.15, 0.2) is 34.6 Å². The summed E-state index contributed by atoms with van der Waals surface area (Å²) in [5, 5.41) is 104. The number of aromatic nitrogens is 11. The van der Waals surface area contributed by atoms with Crippen LogP contribution in [-0.2, 0) is 10.8 Å². The predicted octanol–water partition coefficient (Wildman–Crippen LogP) is -14.8. The number of nitriles is 1. The van der Waals surface area contributed by atoms with Crippen molar-refractivity contribution in [1.29, 1.82) is 5.26 Å². The van der Waals surface area contributed by atoms with Crippen molar-refractivity contribution in [2.75, 3.05) is 11.5 Å². The molecule has 0 fully saturated rings. The number of nitrogens with two attached hydrogens (primary N) is 2. The third kappa shape index (κ3) is 14.8. The molecule has 33 heteroatoms. The maximum Gasteiger partial charge on any atom is 1.00 e. The van der Waals surface area contributed by atoms with E-state index in [0.29, 0.717) is 0 Å². The molecule has 0 aliphatic heterocycles. The molecule has 7 aromatic rings. The third-order valence-electron chi connectivity index (χ3n) is 9.65. The van der Waals surface area contributed by atoms with E-state index in [0.717, 1.165) is 67.5 Å². The van der Waals surface area contributed by atoms with Crippen LogP contribution in [0.3, 0.4) is 0 Å². The van der Waals surface area contributed by atoms with E-state index in [1.807, 2.05) is 6.07 Å². The molecule has 0 saturated heterocycles. The van der Waals surface area contributed by atoms with Gasteiger partial charge >= 0.3 is 257 Å². The number of azo groups is 2. The minimum Gasteiger partial charge on any atom is -0.844 e. The van der Waals surface area contributed by atoms with E-state index in [1.54, 1.807) is 41.5 Å². The Kier molecular flexibility index (Phi) is 25.5. The fourth-order valence-corrected chi connectivity index (χ4v) is 6.42. The molecule has 0 atom stereocenters. The normalized spacial score (nSPS) is 11.0. The number of benzene rings is 2. The van der Waals surface area contributed by atoms with Crippen molar-refractivity contribution in [3.05, 3.63) is 99.4 Å². The molecule has 5 heterocycles. The fourth-order valence-electron chi connectivity index (χ4n) is 6.42. The number of hydrogen-bond acceptors (Lipinski definition) is 23. The molecule has 5 aromatic heterocycles. The standard InChI is InChI=1S/C41H35N19O9.5K/c1-40(2,3)27-25(51-53-31-21(14-42)15-46-57(31)22-10-17(33(61)62)8-18(11-22)34(63)64)29(43)59(55-27)37-48-38(50-39(69)49-37)60-30(44)26(28(56-60)41(4,5)6)52-54-32-24(45-7)16-47-58(32)23-12-19(35(65)66)9-20(13-23)36(67)68;;;;;/h8-13,15-16H,43-44H2,1-6H3,(H,61,62)(H,63,64)(H,65,66)(H,67,68)(H,48,49,50,69);;;;;/q;5*+1/p-5. The largest absolute Gasteiger partial charge is 1.00 e. The Balaban J connectivity index is 0.00000375. The molecule has 28 nitrogen and oxygen atoms in total. The number of carbonyl (C=O) groups excluding carboxylic acids is 4. The summed E-state index contributed by atoms with van der Waals surface area (Å²) in [6.07, 6.45) is 2.16. The van der Waals surface area contributed by atoms with E-state index < -0.39 is 74.9 Å². The third-order valence-corrected chi connectivity index (χ3v) is 9.65. The summed E-state index contributed by atoms with van der Waals surface area (Å²) < 4.78 is 3.84. The first-order chi connectivity index (χ1) is 32.4. The number of carbonyl (C=O) groups is 4. The second-order valence-corrected chi connectivity index (χ2v) is 16.6. The van der Waals surface area contributed by atoms with Gasteiger partial charge in [0.2, 0.25) is 0 Å². The zero-order valence-electron chi connectivity index (χ0n) is 41.6. The van der Waals surface area contributed by atoms with Gasteiger partial charge in [-0.05, 0) is 58.7 Å². The van der Waals surface area contributed by atoms with Gasteiger partial charge in [0.25, 0.3) is 17.6 Å². The van der Waals surface area contributed by atoms with Crippen LogP contribution in [-0.4, -0.2) is 78.0 Å². The van der Waals surface area contributed by atoms with Gasteiger partial charge in [-0.1, -0.05) is 41.5 Å². The Bertz CT molecular complexity index is 3200. The molecule has 7 rings (SSSR count). The van der Waals surface area contributed by atoms with Crippen LogP contribution >= 0.6 is 0 Å². The molecule has 0 bridgehead atoms. The average molecular weight is 1130 g/mol. The van der Waals surface area contributed by atoms with Crippen molar-refractivity contribution in [2.45, 2.75) is 52.4 Å². The molecule has 0 aliphatic rings. The Morgan fingerprint density at radius 3 is 1.31 bits per heavy atom. The molecule has 0 saturated carbocycles. The maximum atomic E-state index is 13.2. The van der Waals surface area contributed by atoms with E-state index in [-0.39, 0.29) is 326 Å². The van der Waals surface area contributed by atoms with Gasteiger partial charge in [0.05, 0.1) is 71.6 Å². The number of carboxylic acids is 4. The molecule has 0 aliphatic carbocycles. The Labute approximate surface area is 631 Å². The van der Waals surface area contributed by atoms with Gasteiger partial charge in [-0.2, -0.15) is 40.0 Å². The summed E-state index contributed by atoms with van der Waals surface area (Å²) in [6.45, 7) is 18.1. The smallest absolute Gasteiger partial charge is 0.844 e. The number of hydrogen-bond donors (Lipinski definition) is 2. The molecular weight excluding hydrogens is 1100 g/mol. The molecule has 4 N–H and O–H groups in total. The van der Waals surface area contributed by atoms with Gasteiger partial charge in [0, 0.05) is 10.8 Å². The minimum absolute atomic E-state index is 0. The fraction of sp³-hybridized carbons (Fsp3) is 0.195. The Morgan fingerprint density at radius 2 is 0.959 bits per heavy atom. The first-order valence-corrected chi connectivity index (χ1v) is 19.6. The van der Waals surface area contributed by atoms with Gasteiger partial charge in [0.1, 0.15) is 11.6 Å². The van der Waals surface area contributed by atoms with E-state index in [4.69, 9.17) is 18.0 Å². The zero-order valence-corrected chi connectivity index (χ0v) is 57.2. The number of nitrogen functional groups attached to an aromatic ring is 2. The van der Waals surface area contributed by atoms with E-state index in [9.17, 15) is 50.0 Å². The summed E-state index contributed by atoms with van der Waals surface area (Å²) >= 11 is 0. The summed E-state index contributed by atoms with van der Waals surface area (Å²) in [5.41, 5.74) is 8.80. The quantitative estimate of drug-likeness (QED) is 0.0652. The number of aromatic carboxylic acids is 4. The van der Waals surface area contributed by atoms with Gasteiger partial charge in [-0.25, -0.2) is 24.2 Å². The SMILES string of the molecule is [C-]#[N+]c1cnn(-c2cc(C(=O)[O-])cc(C(=O)[O-])c2)c1N=Nc1c(C(C)(C)C)nn(-c2nc([O-])nc(-n3nc(C(C)(C)C)c(N=Nc4c(C#N)cnn4-c4cc(C(=O)[O-])cc(C(=O)[O-])c4)c3N)n2)c1N.[K+].[K+].[K+].[K+].[K+]. The summed E-state index contributed by atoms with van der Waals surface area (Å²) in [7, 11) is 0. The molecule has 348 valence electrons. The summed E-state index contributed by atoms with van der Waals surface area (Å²) in [4.78, 5) is 62.5. The van der Waals surface area contributed by atoms with Crippen molar-refractivity contribution in [1.82, 2.24) is 54.1 Å². The van der Waals surface area contributed by atoms with Crippen LogP contribution in [0.25, 0.3) is 28.1 Å². The van der Waals surface area contributed by atoms with Crippen LogP contribution in [0.4, 0.5) is 40.3 Å². The van der Waals surface area contributed by atoms with E-state index >= 15 is 0 Å². The number of carboxylic acid groups (broad SMARTS) is 4. The molecule has 0 amide bonds. The first-order valence-electron chi connectivity index (χ1n) is 19.6. The van der Waals surface area contributed by atoms with E-state index in [2.05, 4.69) is 60.6 Å². The molecule has 2 aromatic carbocycles. The van der Waals surface area contributed by atoms with Gasteiger partial charge < -0.3 is 56.2 Å². The number of nitrogens with zero attached hydrogens (tertiary/aromatic N) is 17. The number of rotatable bonds is 12. The van der Waals surface area contributed by atoms with Crippen molar-refractivity contribution in [3.63, 3.8) is 0 Å².